The van der Waals surface area contributed by atoms with Crippen molar-refractivity contribution in [1.29, 1.82) is 0 Å². The van der Waals surface area contributed by atoms with E-state index >= 15 is 0 Å². The highest BCUT2D eigenvalue weighted by molar-refractivity contribution is 5.95. The highest BCUT2D eigenvalue weighted by Gasteiger charge is 2.28. The molecule has 3 rings (SSSR count). The van der Waals surface area contributed by atoms with Crippen molar-refractivity contribution in [3.63, 3.8) is 0 Å². The second-order valence-corrected chi connectivity index (χ2v) is 5.34. The zero-order valence-electron chi connectivity index (χ0n) is 13.0. The van der Waals surface area contributed by atoms with Crippen LogP contribution in [-0.4, -0.2) is 46.0 Å². The first-order chi connectivity index (χ1) is 10.6. The first-order valence-corrected chi connectivity index (χ1v) is 7.25. The van der Waals surface area contributed by atoms with E-state index in [1.807, 2.05) is 42.8 Å². The van der Waals surface area contributed by atoms with Crippen molar-refractivity contribution in [2.45, 2.75) is 19.1 Å². The number of anilines is 1. The molecule has 124 valence electrons. The molecule has 23 heavy (non-hydrogen) atoms. The fourth-order valence-corrected chi connectivity index (χ4v) is 2.53. The van der Waals surface area contributed by atoms with Gasteiger partial charge in [-0.15, -0.1) is 22.6 Å². The number of amides is 1. The van der Waals surface area contributed by atoms with E-state index in [0.29, 0.717) is 13.2 Å². The predicted octanol–water partition coefficient (Wildman–Crippen LogP) is 1.22. The first-order valence-electron chi connectivity index (χ1n) is 7.25. The summed E-state index contributed by atoms with van der Waals surface area (Å²) in [6.07, 6.45) is 1.50. The second kappa shape index (κ2) is 7.54. The maximum absolute atomic E-state index is 12.4. The van der Waals surface area contributed by atoms with Crippen molar-refractivity contribution < 1.29 is 9.53 Å². The molecule has 0 saturated carbocycles. The highest BCUT2D eigenvalue weighted by Crippen LogP contribution is 2.20. The van der Waals surface area contributed by atoms with Crippen LogP contribution < -0.4 is 10.6 Å². The maximum atomic E-state index is 12.4. The molecule has 1 amide bonds. The number of carbonyl (C=O) groups excluding carboxylic acids is 1. The Morgan fingerprint density at radius 1 is 1.48 bits per heavy atom. The molecule has 1 aromatic carbocycles. The molecule has 0 spiro atoms. The van der Waals surface area contributed by atoms with Gasteiger partial charge in [0.05, 0.1) is 12.7 Å². The minimum Gasteiger partial charge on any atom is -0.375 e. The summed E-state index contributed by atoms with van der Waals surface area (Å²) < 4.78 is 7.34. The Labute approximate surface area is 140 Å². The van der Waals surface area contributed by atoms with E-state index in [4.69, 9.17) is 4.74 Å². The number of aromatic nitrogens is 3. The Morgan fingerprint density at radius 2 is 2.30 bits per heavy atom. The number of halogens is 1. The summed E-state index contributed by atoms with van der Waals surface area (Å²) >= 11 is 0. The number of morpholine rings is 1. The predicted molar refractivity (Wildman–Crippen MR) is 89.5 cm³/mol. The van der Waals surface area contributed by atoms with Gasteiger partial charge >= 0.3 is 0 Å². The van der Waals surface area contributed by atoms with E-state index in [-0.39, 0.29) is 30.5 Å². The van der Waals surface area contributed by atoms with Crippen LogP contribution in [-0.2, 0) is 16.6 Å². The molecular formula is C15H20ClN5O2. The van der Waals surface area contributed by atoms with Crippen LogP contribution in [0.1, 0.15) is 6.92 Å². The smallest absolute Gasteiger partial charge is 0.244 e. The number of nitrogens with zero attached hydrogens (tertiary/aromatic N) is 3. The standard InChI is InChI=1S/C15H19N5O2.ClH/c1-10-13(16-6-7-22-10)15(21)18-12-5-3-4-11(8-12)14-19-17-9-20(14)2;/h3-5,8-10,13,16H,6-7H2,1-2H3,(H,18,21);1H/t10-,13+;/m1./s1. The minimum atomic E-state index is -0.341. The number of aryl methyl sites for hydroxylation is 1. The normalized spacial score (nSPS) is 20.6. The Bertz CT molecular complexity index is 675. The quantitative estimate of drug-likeness (QED) is 0.880. The molecule has 0 radical (unpaired) electrons. The lowest BCUT2D eigenvalue weighted by Gasteiger charge is -2.29. The Kier molecular flexibility index (Phi) is 5.70. The Hall–Kier alpha value is -1.96. The second-order valence-electron chi connectivity index (χ2n) is 5.34. The summed E-state index contributed by atoms with van der Waals surface area (Å²) in [6.45, 7) is 3.21. The van der Waals surface area contributed by atoms with Crippen molar-refractivity contribution >= 4 is 24.0 Å². The molecule has 8 heteroatoms. The molecule has 1 saturated heterocycles. The van der Waals surface area contributed by atoms with Crippen molar-refractivity contribution in [2.75, 3.05) is 18.5 Å². The van der Waals surface area contributed by atoms with E-state index < -0.39 is 0 Å². The average Bonchev–Trinajstić information content (AvgIpc) is 2.94. The monoisotopic (exact) mass is 337 g/mol. The zero-order valence-corrected chi connectivity index (χ0v) is 13.8. The molecule has 1 aliphatic rings. The molecule has 2 N–H and O–H groups in total. The molecule has 2 atom stereocenters. The van der Waals surface area contributed by atoms with Gasteiger partial charge in [-0.3, -0.25) is 4.79 Å². The molecule has 1 fully saturated rings. The molecular weight excluding hydrogens is 318 g/mol. The summed E-state index contributed by atoms with van der Waals surface area (Å²) in [7, 11) is 1.88. The van der Waals surface area contributed by atoms with E-state index in [2.05, 4.69) is 20.8 Å². The number of benzene rings is 1. The van der Waals surface area contributed by atoms with Gasteiger partial charge in [0.2, 0.25) is 5.91 Å². The fourth-order valence-electron chi connectivity index (χ4n) is 2.53. The summed E-state index contributed by atoms with van der Waals surface area (Å²) in [5.41, 5.74) is 1.63. The maximum Gasteiger partial charge on any atom is 0.244 e. The minimum absolute atomic E-state index is 0. The molecule has 1 aromatic heterocycles. The molecule has 7 nitrogen and oxygen atoms in total. The van der Waals surface area contributed by atoms with Gasteiger partial charge in [0.25, 0.3) is 0 Å². The van der Waals surface area contributed by atoms with E-state index in [0.717, 1.165) is 17.1 Å². The number of rotatable bonds is 3. The van der Waals surface area contributed by atoms with Crippen LogP contribution in [0, 0.1) is 0 Å². The Morgan fingerprint density at radius 3 is 3.00 bits per heavy atom. The third-order valence-corrected chi connectivity index (χ3v) is 3.70. The van der Waals surface area contributed by atoms with E-state index in [9.17, 15) is 4.79 Å². The van der Waals surface area contributed by atoms with Gasteiger partial charge in [-0.2, -0.15) is 0 Å². The van der Waals surface area contributed by atoms with Gasteiger partial charge in [-0.25, -0.2) is 0 Å². The van der Waals surface area contributed by atoms with Gasteiger partial charge in [-0.05, 0) is 19.1 Å². The van der Waals surface area contributed by atoms with Crippen molar-refractivity contribution in [2.24, 2.45) is 7.05 Å². The van der Waals surface area contributed by atoms with Gasteiger partial charge in [0.15, 0.2) is 5.82 Å². The van der Waals surface area contributed by atoms with Gasteiger partial charge in [0.1, 0.15) is 12.4 Å². The van der Waals surface area contributed by atoms with Crippen LogP contribution in [0.5, 0.6) is 0 Å². The van der Waals surface area contributed by atoms with Crippen LogP contribution in [0.4, 0.5) is 5.69 Å². The molecule has 0 bridgehead atoms. The highest BCUT2D eigenvalue weighted by atomic mass is 35.5. The van der Waals surface area contributed by atoms with Gasteiger partial charge < -0.3 is 19.9 Å². The van der Waals surface area contributed by atoms with E-state index in [1.54, 1.807) is 6.33 Å². The molecule has 0 aliphatic carbocycles. The SMILES string of the molecule is C[C@H]1OCCN[C@@H]1C(=O)Nc1cccc(-c2nncn2C)c1.Cl. The van der Waals surface area contributed by atoms with Crippen molar-refractivity contribution in [3.8, 4) is 11.4 Å². The third-order valence-electron chi connectivity index (χ3n) is 3.70. The fraction of sp³-hybridized carbons (Fsp3) is 0.400. The number of hydrogen-bond donors (Lipinski definition) is 2. The topological polar surface area (TPSA) is 81.1 Å². The van der Waals surface area contributed by atoms with Crippen LogP contribution >= 0.6 is 12.4 Å². The number of hydrogen-bond acceptors (Lipinski definition) is 5. The summed E-state index contributed by atoms with van der Waals surface area (Å²) in [6, 6.07) is 7.22. The zero-order chi connectivity index (χ0) is 15.5. The van der Waals surface area contributed by atoms with Gasteiger partial charge in [-0.1, -0.05) is 12.1 Å². The number of nitrogens with one attached hydrogen (secondary N) is 2. The largest absolute Gasteiger partial charge is 0.375 e. The summed E-state index contributed by atoms with van der Waals surface area (Å²) in [5, 5.41) is 14.0. The lowest BCUT2D eigenvalue weighted by molar-refractivity contribution is -0.123. The summed E-state index contributed by atoms with van der Waals surface area (Å²) in [4.78, 5) is 12.4. The number of carbonyl (C=O) groups is 1. The molecule has 1 aliphatic heterocycles. The van der Waals surface area contributed by atoms with E-state index in [1.165, 1.54) is 0 Å². The average molecular weight is 338 g/mol. The Balaban J connectivity index is 0.00000192. The molecule has 2 heterocycles. The van der Waals surface area contributed by atoms with Crippen LogP contribution in [0.15, 0.2) is 30.6 Å². The third kappa shape index (κ3) is 3.87. The molecule has 0 unspecified atom stereocenters. The first kappa shape index (κ1) is 17.4. The van der Waals surface area contributed by atoms with Crippen LogP contribution in [0.3, 0.4) is 0 Å². The van der Waals surface area contributed by atoms with Gasteiger partial charge in [0, 0.05) is 24.8 Å². The van der Waals surface area contributed by atoms with Crippen molar-refractivity contribution in [1.82, 2.24) is 20.1 Å². The summed E-state index contributed by atoms with van der Waals surface area (Å²) in [5.74, 6) is 0.658. The van der Waals surface area contributed by atoms with Crippen LogP contribution in [0.25, 0.3) is 11.4 Å². The number of ether oxygens (including phenoxy) is 1. The van der Waals surface area contributed by atoms with Crippen molar-refractivity contribution in [3.05, 3.63) is 30.6 Å². The molecule has 2 aromatic rings. The van der Waals surface area contributed by atoms with Crippen LogP contribution in [0.2, 0.25) is 0 Å². The lowest BCUT2D eigenvalue weighted by Crippen LogP contribution is -2.53. The lowest BCUT2D eigenvalue weighted by atomic mass is 10.1.